The van der Waals surface area contributed by atoms with Gasteiger partial charge in [-0.15, -0.1) is 0 Å². The van der Waals surface area contributed by atoms with E-state index in [1.807, 2.05) is 0 Å². The summed E-state index contributed by atoms with van der Waals surface area (Å²) in [5, 5.41) is 0. The molecular formula is C17H24N2O5S. The van der Waals surface area contributed by atoms with Crippen LogP contribution >= 0.6 is 0 Å². The molecule has 0 spiro atoms. The first-order valence-electron chi connectivity index (χ1n) is 8.67. The SMILES string of the molecule is Cn1cccc1C(=O)OCC(=O)N(C1CCCC1)[C@@H]1CCS(=O)(=O)C1. The smallest absolute Gasteiger partial charge is 0.355 e. The maximum atomic E-state index is 12.7. The minimum atomic E-state index is -3.08. The fourth-order valence-corrected chi connectivity index (χ4v) is 5.54. The lowest BCUT2D eigenvalue weighted by Gasteiger charge is -2.33. The van der Waals surface area contributed by atoms with Gasteiger partial charge in [-0.2, -0.15) is 0 Å². The molecule has 8 heteroatoms. The summed E-state index contributed by atoms with van der Waals surface area (Å²) in [6.45, 7) is -0.350. The van der Waals surface area contributed by atoms with Gasteiger partial charge in [0.2, 0.25) is 0 Å². The average molecular weight is 368 g/mol. The number of ether oxygens (including phenoxy) is 1. The molecule has 2 aliphatic rings. The highest BCUT2D eigenvalue weighted by Crippen LogP contribution is 2.29. The zero-order chi connectivity index (χ0) is 18.0. The number of rotatable bonds is 5. The van der Waals surface area contributed by atoms with E-state index < -0.39 is 15.8 Å². The van der Waals surface area contributed by atoms with Crippen molar-refractivity contribution in [1.29, 1.82) is 0 Å². The summed E-state index contributed by atoms with van der Waals surface area (Å²) in [5.74, 6) is -0.707. The quantitative estimate of drug-likeness (QED) is 0.728. The molecule has 1 aliphatic heterocycles. The molecule has 138 valence electrons. The number of sulfone groups is 1. The van der Waals surface area contributed by atoms with Crippen LogP contribution in [0.25, 0.3) is 0 Å². The Hall–Kier alpha value is -1.83. The number of carbonyl (C=O) groups excluding carboxylic acids is 2. The minimum absolute atomic E-state index is 0.0149. The third-order valence-corrected chi connectivity index (χ3v) is 6.84. The first kappa shape index (κ1) is 18.0. The molecule has 1 saturated carbocycles. The van der Waals surface area contributed by atoms with Gasteiger partial charge in [0.1, 0.15) is 5.69 Å². The summed E-state index contributed by atoms with van der Waals surface area (Å²) in [7, 11) is -1.35. The van der Waals surface area contributed by atoms with E-state index in [1.165, 1.54) is 0 Å². The highest BCUT2D eigenvalue weighted by atomic mass is 32.2. The Bertz CT molecular complexity index is 749. The molecule has 3 rings (SSSR count). The van der Waals surface area contributed by atoms with Crippen LogP contribution in [0, 0.1) is 0 Å². The summed E-state index contributed by atoms with van der Waals surface area (Å²) in [4.78, 5) is 26.5. The number of hydrogen-bond donors (Lipinski definition) is 0. The fraction of sp³-hybridized carbons (Fsp3) is 0.647. The van der Waals surface area contributed by atoms with Gasteiger partial charge in [0, 0.05) is 25.3 Å². The van der Waals surface area contributed by atoms with E-state index in [9.17, 15) is 18.0 Å². The molecule has 2 heterocycles. The topological polar surface area (TPSA) is 85.7 Å². The van der Waals surface area contributed by atoms with Crippen LogP contribution < -0.4 is 0 Å². The molecule has 1 amide bonds. The van der Waals surface area contributed by atoms with Gasteiger partial charge in [-0.3, -0.25) is 4.79 Å². The molecule has 7 nitrogen and oxygen atoms in total. The Morgan fingerprint density at radius 3 is 2.52 bits per heavy atom. The molecule has 1 saturated heterocycles. The van der Waals surface area contributed by atoms with Gasteiger partial charge in [0.25, 0.3) is 5.91 Å². The summed E-state index contributed by atoms with van der Waals surface area (Å²) in [5.41, 5.74) is 0.378. The van der Waals surface area contributed by atoms with Gasteiger partial charge in [0.05, 0.1) is 11.5 Å². The van der Waals surface area contributed by atoms with Crippen molar-refractivity contribution >= 4 is 21.7 Å². The molecule has 1 aromatic rings. The van der Waals surface area contributed by atoms with Gasteiger partial charge in [-0.25, -0.2) is 13.2 Å². The van der Waals surface area contributed by atoms with Crippen LogP contribution in [-0.4, -0.2) is 60.0 Å². The van der Waals surface area contributed by atoms with E-state index in [-0.39, 0.29) is 36.1 Å². The molecule has 0 unspecified atom stereocenters. The zero-order valence-corrected chi connectivity index (χ0v) is 15.2. The van der Waals surface area contributed by atoms with E-state index >= 15 is 0 Å². The lowest BCUT2D eigenvalue weighted by Crippen LogP contribution is -2.48. The summed E-state index contributed by atoms with van der Waals surface area (Å²) in [6.07, 6.45) is 6.04. The van der Waals surface area contributed by atoms with Crippen molar-refractivity contribution in [3.63, 3.8) is 0 Å². The first-order valence-corrected chi connectivity index (χ1v) is 10.5. The monoisotopic (exact) mass is 368 g/mol. The Morgan fingerprint density at radius 1 is 1.24 bits per heavy atom. The van der Waals surface area contributed by atoms with Crippen molar-refractivity contribution in [2.24, 2.45) is 7.05 Å². The first-order chi connectivity index (χ1) is 11.9. The standard InChI is InChI=1S/C17H24N2O5S/c1-18-9-4-7-15(18)17(21)24-11-16(20)19(13-5-2-3-6-13)14-8-10-25(22,23)12-14/h4,7,9,13-14H,2-3,5-6,8,10-12H2,1H3/t14-/m1/s1. The second-order valence-electron chi connectivity index (χ2n) is 6.88. The molecule has 1 aromatic heterocycles. The molecule has 0 aromatic carbocycles. The van der Waals surface area contributed by atoms with Crippen LogP contribution in [0.4, 0.5) is 0 Å². The Balaban J connectivity index is 1.67. The second kappa shape index (κ2) is 7.19. The van der Waals surface area contributed by atoms with Crippen molar-refractivity contribution < 1.29 is 22.7 Å². The Labute approximate surface area is 147 Å². The maximum Gasteiger partial charge on any atom is 0.355 e. The molecule has 0 radical (unpaired) electrons. The van der Waals surface area contributed by atoms with E-state index in [2.05, 4.69) is 0 Å². The third kappa shape index (κ3) is 4.05. The molecule has 0 N–H and O–H groups in total. The molecule has 0 bridgehead atoms. The normalized spacial score (nSPS) is 22.8. The van der Waals surface area contributed by atoms with Crippen molar-refractivity contribution in [2.75, 3.05) is 18.1 Å². The van der Waals surface area contributed by atoms with Crippen molar-refractivity contribution in [2.45, 2.75) is 44.2 Å². The van der Waals surface area contributed by atoms with Gasteiger partial charge >= 0.3 is 5.97 Å². The van der Waals surface area contributed by atoms with Gasteiger partial charge in [-0.05, 0) is 31.4 Å². The van der Waals surface area contributed by atoms with E-state index in [0.29, 0.717) is 12.1 Å². The van der Waals surface area contributed by atoms with Crippen LogP contribution in [0.3, 0.4) is 0 Å². The number of aryl methyl sites for hydroxylation is 1. The van der Waals surface area contributed by atoms with Crippen LogP contribution in [0.1, 0.15) is 42.6 Å². The Kier molecular flexibility index (Phi) is 5.17. The highest BCUT2D eigenvalue weighted by Gasteiger charge is 2.39. The molecule has 25 heavy (non-hydrogen) atoms. The van der Waals surface area contributed by atoms with Crippen molar-refractivity contribution in [3.8, 4) is 0 Å². The molecule has 2 fully saturated rings. The van der Waals surface area contributed by atoms with Gasteiger partial charge < -0.3 is 14.2 Å². The van der Waals surface area contributed by atoms with Crippen LogP contribution in [-0.2, 0) is 26.4 Å². The van der Waals surface area contributed by atoms with Crippen molar-refractivity contribution in [1.82, 2.24) is 9.47 Å². The lowest BCUT2D eigenvalue weighted by atomic mass is 10.1. The van der Waals surface area contributed by atoms with Gasteiger partial charge in [0.15, 0.2) is 16.4 Å². The zero-order valence-electron chi connectivity index (χ0n) is 14.4. The predicted octanol–water partition coefficient (Wildman–Crippen LogP) is 1.14. The van der Waals surface area contributed by atoms with E-state index in [4.69, 9.17) is 4.74 Å². The summed E-state index contributed by atoms with van der Waals surface area (Å²) < 4.78 is 30.4. The number of aromatic nitrogens is 1. The molecular weight excluding hydrogens is 344 g/mol. The third-order valence-electron chi connectivity index (χ3n) is 5.09. The number of amides is 1. The lowest BCUT2D eigenvalue weighted by molar-refractivity contribution is -0.139. The maximum absolute atomic E-state index is 12.7. The number of hydrogen-bond acceptors (Lipinski definition) is 5. The number of carbonyl (C=O) groups is 2. The number of esters is 1. The van der Waals surface area contributed by atoms with Gasteiger partial charge in [-0.1, -0.05) is 12.8 Å². The fourth-order valence-electron chi connectivity index (χ4n) is 3.83. The highest BCUT2D eigenvalue weighted by molar-refractivity contribution is 7.91. The number of nitrogens with zero attached hydrogens (tertiary/aromatic N) is 2. The summed E-state index contributed by atoms with van der Waals surface area (Å²) in [6, 6.07) is 3.12. The van der Waals surface area contributed by atoms with Crippen LogP contribution in [0.15, 0.2) is 18.3 Å². The van der Waals surface area contributed by atoms with Crippen molar-refractivity contribution in [3.05, 3.63) is 24.0 Å². The molecule has 1 aliphatic carbocycles. The average Bonchev–Trinajstić information content (AvgIpc) is 3.28. The van der Waals surface area contributed by atoms with Crippen LogP contribution in [0.2, 0.25) is 0 Å². The summed E-state index contributed by atoms with van der Waals surface area (Å²) >= 11 is 0. The predicted molar refractivity (Wildman–Crippen MR) is 91.9 cm³/mol. The minimum Gasteiger partial charge on any atom is -0.451 e. The van der Waals surface area contributed by atoms with Crippen LogP contribution in [0.5, 0.6) is 0 Å². The van der Waals surface area contributed by atoms with E-state index in [1.54, 1.807) is 34.8 Å². The van der Waals surface area contributed by atoms with E-state index in [0.717, 1.165) is 25.7 Å². The molecule has 1 atom stereocenters. The second-order valence-corrected chi connectivity index (χ2v) is 9.11. The largest absolute Gasteiger partial charge is 0.451 e. The Morgan fingerprint density at radius 2 is 1.96 bits per heavy atom.